The van der Waals surface area contributed by atoms with Crippen LogP contribution >= 0.6 is 0 Å². The lowest BCUT2D eigenvalue weighted by molar-refractivity contribution is -0.130. The maximum Gasteiger partial charge on any atom is 0.244 e. The van der Waals surface area contributed by atoms with Crippen LogP contribution in [0, 0.1) is 0 Å². The van der Waals surface area contributed by atoms with Gasteiger partial charge in [-0.2, -0.15) is 5.10 Å². The van der Waals surface area contributed by atoms with E-state index < -0.39 is 0 Å². The van der Waals surface area contributed by atoms with Gasteiger partial charge in [-0.3, -0.25) is 9.48 Å². The summed E-state index contributed by atoms with van der Waals surface area (Å²) in [6.07, 6.45) is 3.88. The number of phenols is 1. The number of phenolic OH excluding ortho intramolecular Hbond substituents is 1. The van der Waals surface area contributed by atoms with E-state index >= 15 is 0 Å². The molecular weight excluding hydrogens is 254 g/mol. The van der Waals surface area contributed by atoms with E-state index in [1.165, 1.54) is 0 Å². The number of likely N-dealkylation sites (tertiary alicyclic amines) is 1. The van der Waals surface area contributed by atoms with Gasteiger partial charge in [0.2, 0.25) is 5.91 Å². The Morgan fingerprint density at radius 2 is 1.85 bits per heavy atom. The quantitative estimate of drug-likeness (QED) is 0.927. The number of hydrogen-bond donors (Lipinski definition) is 1. The number of nitrogens with zero attached hydrogens (tertiary/aromatic N) is 3. The van der Waals surface area contributed by atoms with Crippen LogP contribution in [-0.2, 0) is 11.3 Å². The Balaban J connectivity index is 1.79. The van der Waals surface area contributed by atoms with Crippen molar-refractivity contribution in [2.24, 2.45) is 0 Å². The molecule has 0 unspecified atom stereocenters. The molecule has 2 heterocycles. The molecule has 1 fully saturated rings. The van der Waals surface area contributed by atoms with Crippen LogP contribution in [0.15, 0.2) is 36.5 Å². The summed E-state index contributed by atoms with van der Waals surface area (Å²) in [5.74, 6) is 0.346. The first-order valence-electron chi connectivity index (χ1n) is 6.83. The van der Waals surface area contributed by atoms with Crippen LogP contribution in [-0.4, -0.2) is 38.8 Å². The lowest BCUT2D eigenvalue weighted by Gasteiger charge is -2.16. The van der Waals surface area contributed by atoms with Crippen LogP contribution in [0.5, 0.6) is 5.75 Å². The van der Waals surface area contributed by atoms with Gasteiger partial charge >= 0.3 is 0 Å². The van der Waals surface area contributed by atoms with Gasteiger partial charge in [0, 0.05) is 24.8 Å². The number of hydrogen-bond acceptors (Lipinski definition) is 3. The minimum Gasteiger partial charge on any atom is -0.508 e. The molecule has 1 amide bonds. The van der Waals surface area contributed by atoms with Gasteiger partial charge in [0.05, 0.1) is 5.69 Å². The van der Waals surface area contributed by atoms with Crippen LogP contribution in [0.25, 0.3) is 11.3 Å². The van der Waals surface area contributed by atoms with Crippen molar-refractivity contribution in [3.05, 3.63) is 36.5 Å². The van der Waals surface area contributed by atoms with Crippen molar-refractivity contribution < 1.29 is 9.90 Å². The monoisotopic (exact) mass is 271 g/mol. The molecule has 3 rings (SSSR count). The minimum atomic E-state index is 0.117. The molecule has 5 nitrogen and oxygen atoms in total. The molecular formula is C15H17N3O2. The molecule has 1 aliphatic heterocycles. The Labute approximate surface area is 117 Å². The van der Waals surface area contributed by atoms with E-state index in [-0.39, 0.29) is 18.2 Å². The van der Waals surface area contributed by atoms with Crippen LogP contribution in [0.3, 0.4) is 0 Å². The first kappa shape index (κ1) is 12.7. The molecule has 1 aromatic heterocycles. The summed E-state index contributed by atoms with van der Waals surface area (Å²) in [6.45, 7) is 1.98. The second-order valence-corrected chi connectivity index (χ2v) is 5.01. The fourth-order valence-electron chi connectivity index (χ4n) is 2.53. The normalized spacial score (nSPS) is 14.7. The van der Waals surface area contributed by atoms with E-state index in [1.54, 1.807) is 23.0 Å². The van der Waals surface area contributed by atoms with Crippen molar-refractivity contribution in [3.8, 4) is 17.0 Å². The number of aromatic nitrogens is 2. The first-order chi connectivity index (χ1) is 9.74. The Morgan fingerprint density at radius 1 is 1.15 bits per heavy atom. The summed E-state index contributed by atoms with van der Waals surface area (Å²) >= 11 is 0. The van der Waals surface area contributed by atoms with E-state index in [4.69, 9.17) is 0 Å². The fraction of sp³-hybridized carbons (Fsp3) is 0.333. The molecule has 104 valence electrons. The van der Waals surface area contributed by atoms with E-state index in [0.29, 0.717) is 0 Å². The second kappa shape index (κ2) is 5.36. The standard InChI is InChI=1S/C15H17N3O2/c19-13-5-3-12(4-6-13)14-7-8-16-18(14)11-15(20)17-9-1-2-10-17/h3-8,19H,1-2,9-11H2. The zero-order valence-electron chi connectivity index (χ0n) is 11.2. The van der Waals surface area contributed by atoms with E-state index in [2.05, 4.69) is 5.10 Å². The van der Waals surface area contributed by atoms with Crippen molar-refractivity contribution in [2.75, 3.05) is 13.1 Å². The van der Waals surface area contributed by atoms with Gasteiger partial charge in [-0.25, -0.2) is 0 Å². The molecule has 0 saturated carbocycles. The van der Waals surface area contributed by atoms with Crippen molar-refractivity contribution in [1.82, 2.24) is 14.7 Å². The number of carbonyl (C=O) groups excluding carboxylic acids is 1. The van der Waals surface area contributed by atoms with Crippen molar-refractivity contribution in [3.63, 3.8) is 0 Å². The second-order valence-electron chi connectivity index (χ2n) is 5.01. The van der Waals surface area contributed by atoms with E-state index in [1.807, 2.05) is 23.1 Å². The van der Waals surface area contributed by atoms with Crippen molar-refractivity contribution >= 4 is 5.91 Å². The molecule has 1 saturated heterocycles. The molecule has 1 N–H and O–H groups in total. The summed E-state index contributed by atoms with van der Waals surface area (Å²) < 4.78 is 1.72. The van der Waals surface area contributed by atoms with Crippen LogP contribution in [0.2, 0.25) is 0 Å². The number of amides is 1. The summed E-state index contributed by atoms with van der Waals surface area (Å²) in [5.41, 5.74) is 1.83. The minimum absolute atomic E-state index is 0.117. The molecule has 0 spiro atoms. The van der Waals surface area contributed by atoms with Gasteiger partial charge in [-0.1, -0.05) is 0 Å². The van der Waals surface area contributed by atoms with Gasteiger partial charge in [0.15, 0.2) is 0 Å². The third-order valence-electron chi connectivity index (χ3n) is 3.62. The molecule has 1 aliphatic rings. The molecule has 2 aromatic rings. The van der Waals surface area contributed by atoms with E-state index in [0.717, 1.165) is 37.2 Å². The summed E-state index contributed by atoms with van der Waals surface area (Å²) in [5, 5.41) is 13.6. The smallest absolute Gasteiger partial charge is 0.244 e. The zero-order chi connectivity index (χ0) is 13.9. The lowest BCUT2D eigenvalue weighted by Crippen LogP contribution is -2.31. The number of benzene rings is 1. The molecule has 0 atom stereocenters. The number of carbonyl (C=O) groups is 1. The van der Waals surface area contributed by atoms with E-state index in [9.17, 15) is 9.90 Å². The predicted octanol–water partition coefficient (Wildman–Crippen LogP) is 1.88. The van der Waals surface area contributed by atoms with Crippen molar-refractivity contribution in [2.45, 2.75) is 19.4 Å². The zero-order valence-corrected chi connectivity index (χ0v) is 11.2. The molecule has 20 heavy (non-hydrogen) atoms. The average Bonchev–Trinajstić information content (AvgIpc) is 3.10. The topological polar surface area (TPSA) is 58.4 Å². The highest BCUT2D eigenvalue weighted by Gasteiger charge is 2.19. The van der Waals surface area contributed by atoms with Gasteiger partial charge in [-0.15, -0.1) is 0 Å². The average molecular weight is 271 g/mol. The maximum absolute atomic E-state index is 12.2. The lowest BCUT2D eigenvalue weighted by atomic mass is 10.1. The number of rotatable bonds is 3. The first-order valence-corrected chi connectivity index (χ1v) is 6.83. The van der Waals surface area contributed by atoms with Crippen LogP contribution < -0.4 is 0 Å². The summed E-state index contributed by atoms with van der Waals surface area (Å²) in [4.78, 5) is 14.1. The highest BCUT2D eigenvalue weighted by atomic mass is 16.3. The third-order valence-corrected chi connectivity index (χ3v) is 3.62. The van der Waals surface area contributed by atoms with Crippen LogP contribution in [0.4, 0.5) is 0 Å². The highest BCUT2D eigenvalue weighted by Crippen LogP contribution is 2.21. The maximum atomic E-state index is 12.2. The SMILES string of the molecule is O=C(Cn1nccc1-c1ccc(O)cc1)N1CCCC1. The van der Waals surface area contributed by atoms with Gasteiger partial charge in [0.25, 0.3) is 0 Å². The third kappa shape index (κ3) is 2.52. The van der Waals surface area contributed by atoms with Gasteiger partial charge in [0.1, 0.15) is 12.3 Å². The summed E-state index contributed by atoms with van der Waals surface area (Å²) in [7, 11) is 0. The highest BCUT2D eigenvalue weighted by molar-refractivity contribution is 5.77. The van der Waals surface area contributed by atoms with Gasteiger partial charge < -0.3 is 10.0 Å². The Morgan fingerprint density at radius 3 is 2.55 bits per heavy atom. The molecule has 5 heteroatoms. The molecule has 0 bridgehead atoms. The molecule has 0 aliphatic carbocycles. The van der Waals surface area contributed by atoms with Crippen LogP contribution in [0.1, 0.15) is 12.8 Å². The molecule has 1 aromatic carbocycles. The number of aromatic hydroxyl groups is 1. The molecule has 0 radical (unpaired) electrons. The predicted molar refractivity (Wildman–Crippen MR) is 75.1 cm³/mol. The Hall–Kier alpha value is -2.30. The van der Waals surface area contributed by atoms with Gasteiger partial charge in [-0.05, 0) is 43.2 Å². The Kier molecular flexibility index (Phi) is 3.41. The fourth-order valence-corrected chi connectivity index (χ4v) is 2.53. The van der Waals surface area contributed by atoms with Crippen molar-refractivity contribution in [1.29, 1.82) is 0 Å². The summed E-state index contributed by atoms with van der Waals surface area (Å²) in [6, 6.07) is 8.79. The largest absolute Gasteiger partial charge is 0.508 e. The Bertz CT molecular complexity index is 598.